The van der Waals surface area contributed by atoms with Gasteiger partial charge in [0, 0.05) is 0 Å². The van der Waals surface area contributed by atoms with Crippen LogP contribution in [0.2, 0.25) is 0 Å². The number of unbranched alkanes of at least 4 members (excludes halogenated alkanes) is 20. The fourth-order valence-electron chi connectivity index (χ4n) is 5.55. The Kier molecular flexibility index (Phi) is 27.6. The van der Waals surface area contributed by atoms with Crippen LogP contribution in [0, 0.1) is 0 Å². The van der Waals surface area contributed by atoms with Gasteiger partial charge in [-0.1, -0.05) is 156 Å². The molecule has 0 aliphatic carbocycles. The molecule has 0 fully saturated rings. The lowest BCUT2D eigenvalue weighted by Crippen LogP contribution is -2.15. The molecule has 0 amide bonds. The van der Waals surface area contributed by atoms with Gasteiger partial charge in [0.25, 0.3) is 0 Å². The third-order valence-electron chi connectivity index (χ3n) is 8.26. The van der Waals surface area contributed by atoms with Crippen LogP contribution in [-0.4, -0.2) is 35.5 Å². The van der Waals surface area contributed by atoms with Crippen molar-refractivity contribution in [3.63, 3.8) is 0 Å². The molecule has 7 heteroatoms. The zero-order chi connectivity index (χ0) is 30.7. The second kappa shape index (κ2) is 27.1. The van der Waals surface area contributed by atoms with Gasteiger partial charge < -0.3 is 0 Å². The molecule has 0 N–H and O–H groups in total. The largest absolute Gasteiger partial charge is 0.532 e. The Morgan fingerprint density at radius 1 is 0.415 bits per heavy atom. The second-order valence-electron chi connectivity index (χ2n) is 12.8. The van der Waals surface area contributed by atoms with E-state index >= 15 is 4.20 Å². The molecule has 0 saturated heterocycles. The molecule has 41 heavy (non-hydrogen) atoms. The Balaban J connectivity index is 5.24. The zero-order valence-electron chi connectivity index (χ0n) is 28.7. The van der Waals surface area contributed by atoms with Gasteiger partial charge in [0.15, 0.2) is 0 Å². The normalized spacial score (nSPS) is 13.6. The van der Waals surface area contributed by atoms with E-state index in [1.807, 2.05) is 0 Å². The monoisotopic (exact) mass is 644 g/mol. The molecular formula is C34H74FO3PS2. The molecule has 0 radical (unpaired) electrons. The average Bonchev–Trinajstić information content (AvgIpc) is 2.91. The maximum Gasteiger partial charge on any atom is 0.532 e. The number of rotatable bonds is 32. The Labute approximate surface area is 261 Å². The first-order chi connectivity index (χ1) is 19.7. The van der Waals surface area contributed by atoms with Gasteiger partial charge in [-0.2, -0.15) is 0 Å². The summed E-state index contributed by atoms with van der Waals surface area (Å²) < 4.78 is 41.5. The van der Waals surface area contributed by atoms with Crippen LogP contribution in [0.4, 0.5) is 4.20 Å². The maximum absolute atomic E-state index is 15.9. The van der Waals surface area contributed by atoms with Gasteiger partial charge in [-0.25, -0.2) is 12.5 Å². The average molecular weight is 645 g/mol. The first-order valence-electron chi connectivity index (χ1n) is 17.8. The first kappa shape index (κ1) is 41.8. The maximum atomic E-state index is 15.9. The van der Waals surface area contributed by atoms with Gasteiger partial charge in [-0.15, -0.1) is 24.8 Å². The van der Waals surface area contributed by atoms with E-state index in [1.165, 1.54) is 103 Å². The van der Waals surface area contributed by atoms with Crippen LogP contribution in [0.5, 0.6) is 0 Å². The summed E-state index contributed by atoms with van der Waals surface area (Å²) in [6, 6.07) is 0. The summed E-state index contributed by atoms with van der Waals surface area (Å²) in [6.45, 7) is 8.96. The lowest BCUT2D eigenvalue weighted by Gasteiger charge is -2.40. The van der Waals surface area contributed by atoms with Crippen LogP contribution in [0.25, 0.3) is 0 Å². The summed E-state index contributed by atoms with van der Waals surface area (Å²) >= 11 is 0. The molecule has 3 nitrogen and oxygen atoms in total. The molecular weight excluding hydrogens is 570 g/mol. The Hall–Kier alpha value is 0.780. The Morgan fingerprint density at radius 3 is 0.829 bits per heavy atom. The van der Waals surface area contributed by atoms with E-state index in [0.29, 0.717) is 0 Å². The van der Waals surface area contributed by atoms with Crippen LogP contribution < -0.4 is 0 Å². The minimum Gasteiger partial charge on any atom is -0.234 e. The van der Waals surface area contributed by atoms with Crippen molar-refractivity contribution in [1.29, 1.82) is 0 Å². The van der Waals surface area contributed by atoms with E-state index in [0.717, 1.165) is 74.4 Å². The highest BCUT2D eigenvalue weighted by molar-refractivity contribution is 8.33. The SMILES string of the molecule is CCCCCCCCS(C)(CCCCCCCC)OP(=O)(F)OS(C)(CCCCCCCC)CCCCCCCC. The van der Waals surface area contributed by atoms with Gasteiger partial charge in [0.05, 0.1) is 0 Å². The van der Waals surface area contributed by atoms with Gasteiger partial charge in [-0.3, -0.25) is 0 Å². The van der Waals surface area contributed by atoms with E-state index in [1.54, 1.807) is 0 Å². The topological polar surface area (TPSA) is 35.5 Å². The van der Waals surface area contributed by atoms with Crippen molar-refractivity contribution < 1.29 is 16.7 Å². The summed E-state index contributed by atoms with van der Waals surface area (Å²) in [5.74, 6) is 3.36. The highest BCUT2D eigenvalue weighted by Gasteiger charge is 2.39. The second-order valence-corrected chi connectivity index (χ2v) is 21.3. The molecule has 0 unspecified atom stereocenters. The van der Waals surface area contributed by atoms with Gasteiger partial charge in [-0.05, 0) is 61.2 Å². The molecule has 0 aliphatic rings. The first-order valence-corrected chi connectivity index (χ1v) is 23.9. The van der Waals surface area contributed by atoms with E-state index in [4.69, 9.17) is 7.94 Å². The summed E-state index contributed by atoms with van der Waals surface area (Å²) in [5, 5.41) is 0. The van der Waals surface area contributed by atoms with Crippen molar-refractivity contribution in [1.82, 2.24) is 0 Å². The minimum absolute atomic E-state index is 0.840. The number of halogens is 1. The van der Waals surface area contributed by atoms with Gasteiger partial charge in [0.2, 0.25) is 0 Å². The molecule has 0 aromatic carbocycles. The molecule has 0 aromatic rings. The fourth-order valence-corrected chi connectivity index (χ4v) is 14.2. The van der Waals surface area contributed by atoms with Crippen LogP contribution in [0.1, 0.15) is 182 Å². The highest BCUT2D eigenvalue weighted by atomic mass is 32.3. The summed E-state index contributed by atoms with van der Waals surface area (Å²) in [7, 11) is -8.18. The fraction of sp³-hybridized carbons (Fsp3) is 1.00. The minimum atomic E-state index is -4.63. The van der Waals surface area contributed by atoms with Crippen LogP contribution >= 0.6 is 28.5 Å². The molecule has 0 spiro atoms. The molecule has 0 saturated carbocycles. The third kappa shape index (κ3) is 25.8. The lowest BCUT2D eigenvalue weighted by atomic mass is 10.1. The van der Waals surface area contributed by atoms with Crippen molar-refractivity contribution in [3.05, 3.63) is 0 Å². The molecule has 0 atom stereocenters. The molecule has 0 heterocycles. The standard InChI is InChI=1S/C34H74FO3PS2/c1-7-11-15-19-23-27-31-40(5,32-28-24-20-16-12-8-2)37-39(35,36)38-41(6,33-29-25-21-17-13-9-3)34-30-26-22-18-14-10-4/h7-34H2,1-6H3. The summed E-state index contributed by atoms with van der Waals surface area (Å²) in [6.07, 6.45) is 33.0. The van der Waals surface area contributed by atoms with Crippen molar-refractivity contribution in [2.45, 2.75) is 182 Å². The Morgan fingerprint density at radius 2 is 0.610 bits per heavy atom. The smallest absolute Gasteiger partial charge is 0.234 e. The third-order valence-corrected chi connectivity index (χ3v) is 17.2. The van der Waals surface area contributed by atoms with E-state index in [2.05, 4.69) is 40.2 Å². The van der Waals surface area contributed by atoms with Crippen molar-refractivity contribution >= 4 is 28.5 Å². The van der Waals surface area contributed by atoms with E-state index in [-0.39, 0.29) is 0 Å². The molecule has 252 valence electrons. The molecule has 0 aliphatic heterocycles. The predicted octanol–water partition coefficient (Wildman–Crippen LogP) is 14.2. The molecule has 0 bridgehead atoms. The quantitative estimate of drug-likeness (QED) is 0.0540. The zero-order valence-corrected chi connectivity index (χ0v) is 31.2. The van der Waals surface area contributed by atoms with E-state index < -0.39 is 28.5 Å². The van der Waals surface area contributed by atoms with Crippen molar-refractivity contribution in [3.8, 4) is 0 Å². The van der Waals surface area contributed by atoms with Crippen LogP contribution in [0.15, 0.2) is 0 Å². The van der Waals surface area contributed by atoms with Crippen molar-refractivity contribution in [2.75, 3.05) is 35.5 Å². The lowest BCUT2D eigenvalue weighted by molar-refractivity contribution is 0.366. The number of hydrogen-bond acceptors (Lipinski definition) is 3. The molecule has 0 rings (SSSR count). The van der Waals surface area contributed by atoms with Gasteiger partial charge in [0.1, 0.15) is 0 Å². The predicted molar refractivity (Wildman–Crippen MR) is 191 cm³/mol. The Bertz CT molecular complexity index is 543. The molecule has 0 aromatic heterocycles. The summed E-state index contributed by atoms with van der Waals surface area (Å²) in [5.41, 5.74) is 0. The van der Waals surface area contributed by atoms with Crippen molar-refractivity contribution in [2.24, 2.45) is 0 Å². The highest BCUT2D eigenvalue weighted by Crippen LogP contribution is 2.71. The van der Waals surface area contributed by atoms with E-state index in [9.17, 15) is 4.57 Å². The summed E-state index contributed by atoms with van der Waals surface area (Å²) in [4.78, 5) is 0. The number of hydrogen-bond donors (Lipinski definition) is 0. The van der Waals surface area contributed by atoms with Crippen LogP contribution in [0.3, 0.4) is 0 Å². The van der Waals surface area contributed by atoms with Crippen LogP contribution in [-0.2, 0) is 12.5 Å². The van der Waals surface area contributed by atoms with Gasteiger partial charge >= 0.3 is 7.91 Å².